The van der Waals surface area contributed by atoms with E-state index in [1.807, 2.05) is 13.8 Å². The highest BCUT2D eigenvalue weighted by Crippen LogP contribution is 2.33. The molecule has 0 atom stereocenters. The molecular formula is C9H13O4P. The molecule has 78 valence electrons. The van der Waals surface area contributed by atoms with Gasteiger partial charge in [-0.1, -0.05) is 0 Å². The molecule has 0 saturated heterocycles. The number of hydrogen-bond donors (Lipinski definition) is 2. The highest BCUT2D eigenvalue weighted by molar-refractivity contribution is 7.60. The highest BCUT2D eigenvalue weighted by atomic mass is 31.2. The maximum absolute atomic E-state index is 10.8. The van der Waals surface area contributed by atoms with E-state index in [0.717, 1.165) is 0 Å². The zero-order chi connectivity index (χ0) is 10.8. The third kappa shape index (κ3) is 3.14. The molecule has 0 fully saturated rings. The summed E-state index contributed by atoms with van der Waals surface area (Å²) in [5.41, 5.74) is 0. The lowest BCUT2D eigenvalue weighted by Crippen LogP contribution is -2.07. The summed E-state index contributed by atoms with van der Waals surface area (Å²) in [5, 5.41) is 0.00797. The van der Waals surface area contributed by atoms with E-state index in [0.29, 0.717) is 5.75 Å². The van der Waals surface area contributed by atoms with Crippen molar-refractivity contribution >= 4 is 12.9 Å². The normalized spacial score (nSPS) is 11.8. The molecule has 0 aliphatic rings. The van der Waals surface area contributed by atoms with E-state index in [9.17, 15) is 4.57 Å². The van der Waals surface area contributed by atoms with Crippen LogP contribution >= 0.6 is 7.60 Å². The number of hydrogen-bond acceptors (Lipinski definition) is 2. The van der Waals surface area contributed by atoms with Crippen molar-refractivity contribution < 1.29 is 19.1 Å². The molecule has 0 unspecified atom stereocenters. The number of ether oxygens (including phenoxy) is 1. The minimum Gasteiger partial charge on any atom is -0.491 e. The third-order valence-corrected chi connectivity index (χ3v) is 2.52. The minimum atomic E-state index is -4.13. The van der Waals surface area contributed by atoms with Crippen molar-refractivity contribution in [3.8, 4) is 5.75 Å². The summed E-state index contributed by atoms with van der Waals surface area (Å²) in [6, 6.07) is 5.85. The smallest absolute Gasteiger partial charge is 0.356 e. The average molecular weight is 216 g/mol. The van der Waals surface area contributed by atoms with Gasteiger partial charge in [-0.15, -0.1) is 0 Å². The van der Waals surface area contributed by atoms with Gasteiger partial charge in [0.2, 0.25) is 0 Å². The SMILES string of the molecule is CC(C)Oc1ccc(P(=O)(O)O)cc1. The van der Waals surface area contributed by atoms with Crippen molar-refractivity contribution in [2.45, 2.75) is 20.0 Å². The molecule has 5 heteroatoms. The Hall–Kier alpha value is -0.830. The lowest BCUT2D eigenvalue weighted by molar-refractivity contribution is 0.242. The summed E-state index contributed by atoms with van der Waals surface area (Å²) in [7, 11) is -4.13. The van der Waals surface area contributed by atoms with Crippen molar-refractivity contribution in [3.63, 3.8) is 0 Å². The lowest BCUT2D eigenvalue weighted by Gasteiger charge is -2.10. The molecule has 1 rings (SSSR count). The van der Waals surface area contributed by atoms with E-state index in [-0.39, 0.29) is 11.4 Å². The van der Waals surface area contributed by atoms with Gasteiger partial charge in [0.05, 0.1) is 11.4 Å². The van der Waals surface area contributed by atoms with Crippen molar-refractivity contribution in [3.05, 3.63) is 24.3 Å². The lowest BCUT2D eigenvalue weighted by atomic mass is 10.3. The van der Waals surface area contributed by atoms with Gasteiger partial charge in [0.1, 0.15) is 5.75 Å². The van der Waals surface area contributed by atoms with E-state index < -0.39 is 7.60 Å². The van der Waals surface area contributed by atoms with Crippen LogP contribution in [-0.4, -0.2) is 15.9 Å². The second kappa shape index (κ2) is 4.13. The van der Waals surface area contributed by atoms with Crippen LogP contribution < -0.4 is 10.0 Å². The predicted molar refractivity (Wildman–Crippen MR) is 53.9 cm³/mol. The molecule has 0 aromatic heterocycles. The quantitative estimate of drug-likeness (QED) is 0.747. The Labute approximate surface area is 82.7 Å². The molecule has 0 aliphatic heterocycles. The largest absolute Gasteiger partial charge is 0.491 e. The van der Waals surface area contributed by atoms with Crippen molar-refractivity contribution in [2.75, 3.05) is 0 Å². The second-order valence-corrected chi connectivity index (χ2v) is 4.81. The Morgan fingerprint density at radius 3 is 2.07 bits per heavy atom. The fourth-order valence-corrected chi connectivity index (χ4v) is 1.53. The van der Waals surface area contributed by atoms with Crippen molar-refractivity contribution in [2.24, 2.45) is 0 Å². The molecule has 0 saturated carbocycles. The standard InChI is InChI=1S/C9H13O4P/c1-7(2)13-8-3-5-9(6-4-8)14(10,11)12/h3-7H,1-2H3,(H2,10,11,12). The molecule has 14 heavy (non-hydrogen) atoms. The monoisotopic (exact) mass is 216 g/mol. The second-order valence-electron chi connectivity index (χ2n) is 3.20. The molecular weight excluding hydrogens is 203 g/mol. The maximum Gasteiger partial charge on any atom is 0.356 e. The first-order valence-electron chi connectivity index (χ1n) is 4.22. The number of rotatable bonds is 3. The molecule has 1 aromatic rings. The minimum absolute atomic E-state index is 0.00797. The first-order chi connectivity index (χ1) is 6.39. The van der Waals surface area contributed by atoms with E-state index in [1.54, 1.807) is 12.1 Å². The number of benzene rings is 1. The zero-order valence-electron chi connectivity index (χ0n) is 8.04. The molecule has 0 amide bonds. The summed E-state index contributed by atoms with van der Waals surface area (Å²) in [6.45, 7) is 3.77. The van der Waals surface area contributed by atoms with Crippen LogP contribution in [0.15, 0.2) is 24.3 Å². The Morgan fingerprint density at radius 2 is 1.71 bits per heavy atom. The van der Waals surface area contributed by atoms with Gasteiger partial charge in [-0.05, 0) is 38.1 Å². The Balaban J connectivity index is 2.84. The van der Waals surface area contributed by atoms with Crippen LogP contribution in [0, 0.1) is 0 Å². The maximum atomic E-state index is 10.8. The summed E-state index contributed by atoms with van der Waals surface area (Å²) < 4.78 is 16.1. The van der Waals surface area contributed by atoms with Crippen LogP contribution in [0.5, 0.6) is 5.75 Å². The predicted octanol–water partition coefficient (Wildman–Crippen LogP) is 1.28. The van der Waals surface area contributed by atoms with E-state index in [2.05, 4.69) is 0 Å². The van der Waals surface area contributed by atoms with Crippen LogP contribution in [0.25, 0.3) is 0 Å². The molecule has 0 spiro atoms. The van der Waals surface area contributed by atoms with Crippen LogP contribution in [0.4, 0.5) is 0 Å². The summed E-state index contributed by atoms with van der Waals surface area (Å²) in [4.78, 5) is 17.7. The van der Waals surface area contributed by atoms with Gasteiger partial charge in [-0.3, -0.25) is 4.57 Å². The van der Waals surface area contributed by atoms with Crippen LogP contribution in [0.1, 0.15) is 13.8 Å². The topological polar surface area (TPSA) is 66.8 Å². The van der Waals surface area contributed by atoms with Crippen LogP contribution in [0.3, 0.4) is 0 Å². The molecule has 4 nitrogen and oxygen atoms in total. The van der Waals surface area contributed by atoms with Crippen LogP contribution in [0.2, 0.25) is 0 Å². The zero-order valence-corrected chi connectivity index (χ0v) is 8.94. The van der Waals surface area contributed by atoms with E-state index in [1.165, 1.54) is 12.1 Å². The fraction of sp³-hybridized carbons (Fsp3) is 0.333. The summed E-state index contributed by atoms with van der Waals surface area (Å²) in [5.74, 6) is 0.609. The van der Waals surface area contributed by atoms with Crippen molar-refractivity contribution in [1.29, 1.82) is 0 Å². The molecule has 2 N–H and O–H groups in total. The molecule has 0 bridgehead atoms. The van der Waals surface area contributed by atoms with Crippen LogP contribution in [-0.2, 0) is 4.57 Å². The highest BCUT2D eigenvalue weighted by Gasteiger charge is 2.16. The first kappa shape index (κ1) is 11.2. The molecule has 0 heterocycles. The average Bonchev–Trinajstić information content (AvgIpc) is 2.02. The van der Waals surface area contributed by atoms with Gasteiger partial charge in [-0.2, -0.15) is 0 Å². The summed E-state index contributed by atoms with van der Waals surface area (Å²) >= 11 is 0. The molecule has 0 aliphatic carbocycles. The van der Waals surface area contributed by atoms with E-state index >= 15 is 0 Å². The summed E-state index contributed by atoms with van der Waals surface area (Å²) in [6.07, 6.45) is 0.0518. The van der Waals surface area contributed by atoms with Gasteiger partial charge < -0.3 is 14.5 Å². The van der Waals surface area contributed by atoms with Gasteiger partial charge >= 0.3 is 7.60 Å². The third-order valence-electron chi connectivity index (χ3n) is 1.54. The Morgan fingerprint density at radius 1 is 1.21 bits per heavy atom. The van der Waals surface area contributed by atoms with Gasteiger partial charge in [0.15, 0.2) is 0 Å². The molecule has 1 aromatic carbocycles. The first-order valence-corrected chi connectivity index (χ1v) is 5.83. The van der Waals surface area contributed by atoms with Gasteiger partial charge in [0.25, 0.3) is 0 Å². The van der Waals surface area contributed by atoms with Gasteiger partial charge in [-0.25, -0.2) is 0 Å². The van der Waals surface area contributed by atoms with Crippen molar-refractivity contribution in [1.82, 2.24) is 0 Å². The van der Waals surface area contributed by atoms with E-state index in [4.69, 9.17) is 14.5 Å². The van der Waals surface area contributed by atoms with Gasteiger partial charge in [0, 0.05) is 0 Å². The fourth-order valence-electron chi connectivity index (χ4n) is 0.991. The Bertz CT molecular complexity index is 338. The Kier molecular flexibility index (Phi) is 3.32. The molecule has 0 radical (unpaired) electrons.